The SMILES string of the molecule is CCc1cc(CC)n(-c2c(C)cccc2C(=N)N)n1. The Morgan fingerprint density at radius 1 is 1.32 bits per heavy atom. The minimum absolute atomic E-state index is 0.0781. The molecule has 0 saturated heterocycles. The van der Waals surface area contributed by atoms with Gasteiger partial charge in [0.1, 0.15) is 5.84 Å². The molecule has 0 fully saturated rings. The molecule has 0 aliphatic carbocycles. The Labute approximate surface area is 113 Å². The molecule has 0 radical (unpaired) electrons. The highest BCUT2D eigenvalue weighted by atomic mass is 15.3. The Morgan fingerprint density at radius 2 is 2.05 bits per heavy atom. The molecule has 1 aromatic carbocycles. The molecule has 0 aliphatic rings. The highest BCUT2D eigenvalue weighted by Crippen LogP contribution is 2.21. The van der Waals surface area contributed by atoms with Gasteiger partial charge >= 0.3 is 0 Å². The van der Waals surface area contributed by atoms with Crippen LogP contribution in [0.3, 0.4) is 0 Å². The highest BCUT2D eigenvalue weighted by Gasteiger charge is 2.14. The molecular weight excluding hydrogens is 236 g/mol. The van der Waals surface area contributed by atoms with Crippen molar-refractivity contribution < 1.29 is 0 Å². The number of benzene rings is 1. The second-order valence-electron chi connectivity index (χ2n) is 4.63. The zero-order valence-corrected chi connectivity index (χ0v) is 11.7. The summed E-state index contributed by atoms with van der Waals surface area (Å²) in [6.45, 7) is 6.23. The van der Waals surface area contributed by atoms with Crippen LogP contribution in [0.4, 0.5) is 0 Å². The summed E-state index contributed by atoms with van der Waals surface area (Å²) >= 11 is 0. The van der Waals surface area contributed by atoms with Gasteiger partial charge in [0.05, 0.1) is 11.4 Å². The van der Waals surface area contributed by atoms with Crippen LogP contribution >= 0.6 is 0 Å². The van der Waals surface area contributed by atoms with Crippen molar-refractivity contribution in [2.75, 3.05) is 0 Å². The van der Waals surface area contributed by atoms with E-state index in [1.807, 2.05) is 29.8 Å². The van der Waals surface area contributed by atoms with E-state index in [-0.39, 0.29) is 5.84 Å². The smallest absolute Gasteiger partial charge is 0.124 e. The fraction of sp³-hybridized carbons (Fsp3) is 0.333. The van der Waals surface area contributed by atoms with E-state index in [0.717, 1.165) is 41.0 Å². The van der Waals surface area contributed by atoms with Crippen molar-refractivity contribution in [2.24, 2.45) is 5.73 Å². The molecule has 1 heterocycles. The van der Waals surface area contributed by atoms with Gasteiger partial charge in [0, 0.05) is 11.3 Å². The lowest BCUT2D eigenvalue weighted by molar-refractivity contribution is 0.788. The van der Waals surface area contributed by atoms with Crippen molar-refractivity contribution in [3.63, 3.8) is 0 Å². The van der Waals surface area contributed by atoms with E-state index < -0.39 is 0 Å². The minimum atomic E-state index is 0.0781. The van der Waals surface area contributed by atoms with Crippen molar-refractivity contribution in [1.29, 1.82) is 5.41 Å². The van der Waals surface area contributed by atoms with E-state index in [4.69, 9.17) is 11.1 Å². The van der Waals surface area contributed by atoms with E-state index >= 15 is 0 Å². The minimum Gasteiger partial charge on any atom is -0.384 e. The quantitative estimate of drug-likeness (QED) is 0.652. The van der Waals surface area contributed by atoms with Crippen molar-refractivity contribution >= 4 is 5.84 Å². The third-order valence-corrected chi connectivity index (χ3v) is 3.30. The normalized spacial score (nSPS) is 10.7. The van der Waals surface area contributed by atoms with Crippen LogP contribution in [0.25, 0.3) is 5.69 Å². The van der Waals surface area contributed by atoms with Gasteiger partial charge in [0.25, 0.3) is 0 Å². The highest BCUT2D eigenvalue weighted by molar-refractivity contribution is 5.98. The van der Waals surface area contributed by atoms with Gasteiger partial charge < -0.3 is 5.73 Å². The van der Waals surface area contributed by atoms with Crippen LogP contribution in [0.2, 0.25) is 0 Å². The van der Waals surface area contributed by atoms with Gasteiger partial charge in [0.2, 0.25) is 0 Å². The molecule has 2 aromatic rings. The number of rotatable bonds is 4. The topological polar surface area (TPSA) is 67.7 Å². The lowest BCUT2D eigenvalue weighted by Crippen LogP contribution is -2.17. The molecule has 2 rings (SSSR count). The number of aryl methyl sites for hydroxylation is 3. The first-order chi connectivity index (χ1) is 9.08. The molecule has 0 unspecified atom stereocenters. The van der Waals surface area contributed by atoms with Crippen LogP contribution in [0.15, 0.2) is 24.3 Å². The Hall–Kier alpha value is -2.10. The first kappa shape index (κ1) is 13.3. The summed E-state index contributed by atoms with van der Waals surface area (Å²) in [5.74, 6) is 0.0781. The summed E-state index contributed by atoms with van der Waals surface area (Å²) in [7, 11) is 0. The molecule has 0 amide bonds. The van der Waals surface area contributed by atoms with Gasteiger partial charge in [-0.2, -0.15) is 5.10 Å². The van der Waals surface area contributed by atoms with Crippen molar-refractivity contribution in [3.8, 4) is 5.69 Å². The molecular formula is C15H20N4. The van der Waals surface area contributed by atoms with E-state index in [1.165, 1.54) is 0 Å². The maximum Gasteiger partial charge on any atom is 0.124 e. The number of amidine groups is 1. The third kappa shape index (κ3) is 2.38. The Balaban J connectivity index is 2.70. The number of nitrogens with two attached hydrogens (primary N) is 1. The second-order valence-corrected chi connectivity index (χ2v) is 4.63. The van der Waals surface area contributed by atoms with Crippen LogP contribution in [-0.4, -0.2) is 15.6 Å². The molecule has 0 bridgehead atoms. The van der Waals surface area contributed by atoms with Crippen LogP contribution in [0, 0.1) is 12.3 Å². The number of nitrogen functional groups attached to an aromatic ring is 1. The largest absolute Gasteiger partial charge is 0.384 e. The number of hydrogen-bond donors (Lipinski definition) is 2. The maximum atomic E-state index is 7.74. The van der Waals surface area contributed by atoms with Crippen molar-refractivity contribution in [1.82, 2.24) is 9.78 Å². The molecule has 1 aromatic heterocycles. The first-order valence-corrected chi connectivity index (χ1v) is 6.60. The fourth-order valence-corrected chi connectivity index (χ4v) is 2.25. The third-order valence-electron chi connectivity index (χ3n) is 3.30. The standard InChI is InChI=1S/C15H20N4/c1-4-11-9-12(5-2)19(18-11)14-10(3)7-6-8-13(14)15(16)17/h6-9H,4-5H2,1-3H3,(H3,16,17). The van der Waals surface area contributed by atoms with Gasteiger partial charge in [-0.05, 0) is 37.5 Å². The molecule has 0 aliphatic heterocycles. The lowest BCUT2D eigenvalue weighted by atomic mass is 10.1. The maximum absolute atomic E-state index is 7.74. The summed E-state index contributed by atoms with van der Waals surface area (Å²) in [5, 5.41) is 12.4. The van der Waals surface area contributed by atoms with Crippen LogP contribution in [0.1, 0.15) is 36.4 Å². The molecule has 0 spiro atoms. The Morgan fingerprint density at radius 3 is 2.63 bits per heavy atom. The average Bonchev–Trinajstić information content (AvgIpc) is 2.81. The van der Waals surface area contributed by atoms with Gasteiger partial charge in [0.15, 0.2) is 0 Å². The summed E-state index contributed by atoms with van der Waals surface area (Å²) in [6.07, 6.45) is 1.81. The van der Waals surface area contributed by atoms with E-state index in [1.54, 1.807) is 0 Å². The molecule has 19 heavy (non-hydrogen) atoms. The van der Waals surface area contributed by atoms with Crippen LogP contribution in [-0.2, 0) is 12.8 Å². The summed E-state index contributed by atoms with van der Waals surface area (Å²) in [5.41, 5.74) is 10.6. The Kier molecular flexibility index (Phi) is 3.69. The lowest BCUT2D eigenvalue weighted by Gasteiger charge is -2.14. The number of aromatic nitrogens is 2. The molecule has 0 saturated carbocycles. The van der Waals surface area contributed by atoms with E-state index in [0.29, 0.717) is 0 Å². The zero-order chi connectivity index (χ0) is 14.0. The predicted molar refractivity (Wildman–Crippen MR) is 78.1 cm³/mol. The van der Waals surface area contributed by atoms with Gasteiger partial charge in [-0.3, -0.25) is 5.41 Å². The predicted octanol–water partition coefficient (Wildman–Crippen LogP) is 2.59. The molecule has 4 heteroatoms. The van der Waals surface area contributed by atoms with Gasteiger partial charge in [-0.25, -0.2) is 4.68 Å². The van der Waals surface area contributed by atoms with Gasteiger partial charge in [-0.15, -0.1) is 0 Å². The van der Waals surface area contributed by atoms with Crippen molar-refractivity contribution in [2.45, 2.75) is 33.6 Å². The number of nitrogens with zero attached hydrogens (tertiary/aromatic N) is 2. The average molecular weight is 256 g/mol. The number of nitrogens with one attached hydrogen (secondary N) is 1. The van der Waals surface area contributed by atoms with Crippen molar-refractivity contribution in [3.05, 3.63) is 46.8 Å². The summed E-state index contributed by atoms with van der Waals surface area (Å²) in [4.78, 5) is 0. The number of hydrogen-bond acceptors (Lipinski definition) is 2. The van der Waals surface area contributed by atoms with Gasteiger partial charge in [-0.1, -0.05) is 26.0 Å². The van der Waals surface area contributed by atoms with E-state index in [9.17, 15) is 0 Å². The summed E-state index contributed by atoms with van der Waals surface area (Å²) < 4.78 is 1.94. The second kappa shape index (κ2) is 5.26. The molecule has 0 atom stereocenters. The molecule has 4 nitrogen and oxygen atoms in total. The fourth-order valence-electron chi connectivity index (χ4n) is 2.25. The summed E-state index contributed by atoms with van der Waals surface area (Å²) in [6, 6.07) is 7.94. The van der Waals surface area contributed by atoms with Crippen LogP contribution in [0.5, 0.6) is 0 Å². The monoisotopic (exact) mass is 256 g/mol. The number of para-hydroxylation sites is 1. The van der Waals surface area contributed by atoms with E-state index in [2.05, 4.69) is 25.0 Å². The molecule has 3 N–H and O–H groups in total. The van der Waals surface area contributed by atoms with Crippen LogP contribution < -0.4 is 5.73 Å². The first-order valence-electron chi connectivity index (χ1n) is 6.60. The zero-order valence-electron chi connectivity index (χ0n) is 11.7. The Bertz CT molecular complexity index is 611. The molecule has 100 valence electrons.